The van der Waals surface area contributed by atoms with Crippen LogP contribution in [0.1, 0.15) is 30.6 Å². The van der Waals surface area contributed by atoms with Crippen LogP contribution in [0.4, 0.5) is 0 Å². The summed E-state index contributed by atoms with van der Waals surface area (Å²) in [6.45, 7) is 4.42. The number of amides is 1. The second kappa shape index (κ2) is 7.74. The van der Waals surface area contributed by atoms with Gasteiger partial charge >= 0.3 is 5.97 Å². The lowest BCUT2D eigenvalue weighted by Crippen LogP contribution is -2.30. The molecule has 1 aromatic heterocycles. The topological polar surface area (TPSA) is 68.3 Å². The van der Waals surface area contributed by atoms with Crippen LogP contribution in [0.3, 0.4) is 0 Å². The van der Waals surface area contributed by atoms with E-state index in [2.05, 4.69) is 24.1 Å². The number of halogens is 1. The first-order valence-corrected chi connectivity index (χ1v) is 6.42. The maximum absolute atomic E-state index is 11.6. The minimum atomic E-state index is -0.594. The van der Waals surface area contributed by atoms with E-state index in [0.717, 1.165) is 6.42 Å². The van der Waals surface area contributed by atoms with Crippen molar-refractivity contribution in [3.63, 3.8) is 0 Å². The maximum Gasteiger partial charge on any atom is 0.338 e. The Morgan fingerprint density at radius 2 is 2.21 bits per heavy atom. The summed E-state index contributed by atoms with van der Waals surface area (Å²) in [5.41, 5.74) is 0.273. The van der Waals surface area contributed by atoms with Gasteiger partial charge in [0.05, 0.1) is 5.56 Å². The van der Waals surface area contributed by atoms with Crippen molar-refractivity contribution in [2.24, 2.45) is 5.92 Å². The smallest absolute Gasteiger partial charge is 0.338 e. The van der Waals surface area contributed by atoms with Crippen LogP contribution < -0.4 is 5.32 Å². The molecule has 0 fully saturated rings. The monoisotopic (exact) mass is 284 g/mol. The summed E-state index contributed by atoms with van der Waals surface area (Å²) in [7, 11) is 0. The van der Waals surface area contributed by atoms with Crippen LogP contribution in [0.5, 0.6) is 0 Å². The first kappa shape index (κ1) is 15.4. The lowest BCUT2D eigenvalue weighted by molar-refractivity contribution is -0.124. The molecule has 1 heterocycles. The van der Waals surface area contributed by atoms with Gasteiger partial charge in [-0.3, -0.25) is 4.79 Å². The number of esters is 1. The van der Waals surface area contributed by atoms with Gasteiger partial charge in [0.25, 0.3) is 5.91 Å². The summed E-state index contributed by atoms with van der Waals surface area (Å²) in [4.78, 5) is 26.7. The van der Waals surface area contributed by atoms with Crippen molar-refractivity contribution >= 4 is 23.5 Å². The second-order valence-electron chi connectivity index (χ2n) is 4.48. The summed E-state index contributed by atoms with van der Waals surface area (Å²) in [6, 6.07) is 2.87. The Balaban J connectivity index is 2.32. The van der Waals surface area contributed by atoms with Gasteiger partial charge in [-0.2, -0.15) is 0 Å². The van der Waals surface area contributed by atoms with Gasteiger partial charge < -0.3 is 10.1 Å². The van der Waals surface area contributed by atoms with E-state index in [1.807, 2.05) is 0 Å². The molecule has 0 aliphatic carbocycles. The largest absolute Gasteiger partial charge is 0.452 e. The highest BCUT2D eigenvalue weighted by atomic mass is 35.5. The number of hydrogen-bond donors (Lipinski definition) is 1. The fourth-order valence-electron chi connectivity index (χ4n) is 1.30. The van der Waals surface area contributed by atoms with Crippen molar-refractivity contribution < 1.29 is 14.3 Å². The highest BCUT2D eigenvalue weighted by Crippen LogP contribution is 2.08. The Kier molecular flexibility index (Phi) is 6.29. The molecule has 1 amide bonds. The van der Waals surface area contributed by atoms with Crippen LogP contribution in [0.15, 0.2) is 18.3 Å². The normalized spacial score (nSPS) is 10.3. The molecule has 1 aromatic rings. The molecule has 0 atom stereocenters. The van der Waals surface area contributed by atoms with E-state index < -0.39 is 5.97 Å². The van der Waals surface area contributed by atoms with Crippen molar-refractivity contribution in [3.05, 3.63) is 29.0 Å². The number of nitrogens with zero attached hydrogens (tertiary/aromatic N) is 1. The van der Waals surface area contributed by atoms with Crippen molar-refractivity contribution in [2.45, 2.75) is 20.3 Å². The van der Waals surface area contributed by atoms with E-state index >= 15 is 0 Å². The summed E-state index contributed by atoms with van der Waals surface area (Å²) >= 11 is 5.65. The van der Waals surface area contributed by atoms with Gasteiger partial charge in [0.15, 0.2) is 6.61 Å². The van der Waals surface area contributed by atoms with E-state index in [0.29, 0.717) is 12.5 Å². The standard InChI is InChI=1S/C13H17ClN2O3/c1-9(2)3-5-16-12(17)8-19-13(18)10-4-6-15-11(14)7-10/h4,6-7,9H,3,5,8H2,1-2H3,(H,16,17). The first-order chi connectivity index (χ1) is 8.99. The zero-order valence-electron chi connectivity index (χ0n) is 11.0. The fourth-order valence-corrected chi connectivity index (χ4v) is 1.47. The average molecular weight is 285 g/mol. The van der Waals surface area contributed by atoms with Gasteiger partial charge in [0.2, 0.25) is 0 Å². The molecule has 0 spiro atoms. The molecule has 6 heteroatoms. The van der Waals surface area contributed by atoms with Gasteiger partial charge in [-0.25, -0.2) is 9.78 Å². The molecule has 5 nitrogen and oxygen atoms in total. The third-order valence-electron chi connectivity index (χ3n) is 2.34. The zero-order chi connectivity index (χ0) is 14.3. The third kappa shape index (κ3) is 6.20. The van der Waals surface area contributed by atoms with Gasteiger partial charge in [0.1, 0.15) is 5.15 Å². The van der Waals surface area contributed by atoms with E-state index in [4.69, 9.17) is 16.3 Å². The van der Waals surface area contributed by atoms with Gasteiger partial charge in [-0.15, -0.1) is 0 Å². The molecule has 0 saturated carbocycles. The van der Waals surface area contributed by atoms with Crippen LogP contribution in [-0.4, -0.2) is 30.0 Å². The number of aromatic nitrogens is 1. The number of ether oxygens (including phenoxy) is 1. The Hall–Kier alpha value is -1.62. The molecule has 1 rings (SSSR count). The molecule has 19 heavy (non-hydrogen) atoms. The molecule has 0 aliphatic heterocycles. The average Bonchev–Trinajstić information content (AvgIpc) is 2.35. The Labute approximate surface area is 117 Å². The fraction of sp³-hybridized carbons (Fsp3) is 0.462. The quantitative estimate of drug-likeness (QED) is 0.641. The predicted molar refractivity (Wildman–Crippen MR) is 72.0 cm³/mol. The molecule has 104 valence electrons. The van der Waals surface area contributed by atoms with Crippen LogP contribution in [0.2, 0.25) is 5.15 Å². The summed E-state index contributed by atoms with van der Waals surface area (Å²) < 4.78 is 4.86. The molecule has 0 aliphatic rings. The zero-order valence-corrected chi connectivity index (χ0v) is 11.7. The molecule has 0 bridgehead atoms. The van der Waals surface area contributed by atoms with E-state index in [-0.39, 0.29) is 23.2 Å². The van der Waals surface area contributed by atoms with Gasteiger partial charge in [-0.05, 0) is 24.5 Å². The van der Waals surface area contributed by atoms with Crippen LogP contribution in [-0.2, 0) is 9.53 Å². The first-order valence-electron chi connectivity index (χ1n) is 6.04. The molecule has 0 aromatic carbocycles. The molecule has 1 N–H and O–H groups in total. The number of nitrogens with one attached hydrogen (secondary N) is 1. The van der Waals surface area contributed by atoms with Crippen molar-refractivity contribution in [1.29, 1.82) is 0 Å². The molecular weight excluding hydrogens is 268 g/mol. The van der Waals surface area contributed by atoms with Crippen molar-refractivity contribution in [3.8, 4) is 0 Å². The lowest BCUT2D eigenvalue weighted by Gasteiger charge is -2.08. The summed E-state index contributed by atoms with van der Waals surface area (Å²) in [6.07, 6.45) is 2.29. The van der Waals surface area contributed by atoms with E-state index in [9.17, 15) is 9.59 Å². The minimum Gasteiger partial charge on any atom is -0.452 e. The Morgan fingerprint density at radius 1 is 1.47 bits per heavy atom. The summed E-state index contributed by atoms with van der Waals surface area (Å²) in [5, 5.41) is 2.88. The van der Waals surface area contributed by atoms with E-state index in [1.165, 1.54) is 18.3 Å². The van der Waals surface area contributed by atoms with Gasteiger partial charge in [-0.1, -0.05) is 25.4 Å². The number of pyridine rings is 1. The van der Waals surface area contributed by atoms with Gasteiger partial charge in [0, 0.05) is 12.7 Å². The third-order valence-corrected chi connectivity index (χ3v) is 2.55. The summed E-state index contributed by atoms with van der Waals surface area (Å²) in [5.74, 6) is -0.390. The Morgan fingerprint density at radius 3 is 2.84 bits per heavy atom. The molecular formula is C13H17ClN2O3. The number of carbonyl (C=O) groups is 2. The molecule has 0 saturated heterocycles. The predicted octanol–water partition coefficient (Wildman–Crippen LogP) is 2.05. The highest BCUT2D eigenvalue weighted by Gasteiger charge is 2.10. The lowest BCUT2D eigenvalue weighted by atomic mass is 10.1. The highest BCUT2D eigenvalue weighted by molar-refractivity contribution is 6.29. The van der Waals surface area contributed by atoms with Crippen LogP contribution in [0.25, 0.3) is 0 Å². The second-order valence-corrected chi connectivity index (χ2v) is 4.86. The maximum atomic E-state index is 11.6. The van der Waals surface area contributed by atoms with Crippen molar-refractivity contribution in [1.82, 2.24) is 10.3 Å². The van der Waals surface area contributed by atoms with Crippen LogP contribution >= 0.6 is 11.6 Å². The number of rotatable bonds is 6. The SMILES string of the molecule is CC(C)CCNC(=O)COC(=O)c1ccnc(Cl)c1. The van der Waals surface area contributed by atoms with Crippen LogP contribution in [0, 0.1) is 5.92 Å². The Bertz CT molecular complexity index is 449. The number of hydrogen-bond acceptors (Lipinski definition) is 4. The number of carbonyl (C=O) groups excluding carboxylic acids is 2. The molecule has 0 radical (unpaired) electrons. The minimum absolute atomic E-state index is 0.204. The molecule has 0 unspecified atom stereocenters. The van der Waals surface area contributed by atoms with E-state index in [1.54, 1.807) is 0 Å². The van der Waals surface area contributed by atoms with Crippen molar-refractivity contribution in [2.75, 3.05) is 13.2 Å².